The molecule has 128 valence electrons. The first-order valence-electron chi connectivity index (χ1n) is 7.99. The van der Waals surface area contributed by atoms with Crippen molar-refractivity contribution in [3.8, 4) is 34.2 Å². The van der Waals surface area contributed by atoms with Crippen LogP contribution in [0.1, 0.15) is 5.56 Å². The Morgan fingerprint density at radius 1 is 1.00 bits per heavy atom. The van der Waals surface area contributed by atoms with E-state index >= 15 is 0 Å². The number of aromatic amines is 1. The van der Waals surface area contributed by atoms with Gasteiger partial charge in [-0.15, -0.1) is 0 Å². The van der Waals surface area contributed by atoms with Gasteiger partial charge >= 0.3 is 0 Å². The van der Waals surface area contributed by atoms with E-state index in [1.54, 1.807) is 18.6 Å². The van der Waals surface area contributed by atoms with Crippen molar-refractivity contribution in [2.24, 2.45) is 5.73 Å². The highest BCUT2D eigenvalue weighted by Crippen LogP contribution is 2.25. The molecule has 3 aromatic heterocycles. The fraction of sp³-hybridized carbons (Fsp3) is 0.0556. The molecule has 0 spiro atoms. The molecule has 0 aliphatic carbocycles. The summed E-state index contributed by atoms with van der Waals surface area (Å²) in [6.07, 6.45) is 5.03. The number of anilines is 1. The maximum absolute atomic E-state index is 6.00. The predicted octanol–water partition coefficient (Wildman–Crippen LogP) is 2.03. The number of nitrogens with one attached hydrogen (secondary N) is 1. The Morgan fingerprint density at radius 3 is 2.69 bits per heavy atom. The molecule has 26 heavy (non-hydrogen) atoms. The number of nitrogens with zero attached hydrogens (tertiary/aromatic N) is 5. The summed E-state index contributed by atoms with van der Waals surface area (Å²) in [5.74, 6) is 1.27. The van der Waals surface area contributed by atoms with Crippen molar-refractivity contribution in [1.29, 1.82) is 0 Å². The van der Waals surface area contributed by atoms with E-state index in [4.69, 9.17) is 11.5 Å². The fourth-order valence-corrected chi connectivity index (χ4v) is 2.56. The Labute approximate surface area is 149 Å². The Kier molecular flexibility index (Phi) is 4.08. The van der Waals surface area contributed by atoms with E-state index in [0.717, 1.165) is 16.7 Å². The molecule has 4 rings (SSSR count). The monoisotopic (exact) mass is 344 g/mol. The lowest BCUT2D eigenvalue weighted by Crippen LogP contribution is -2.00. The van der Waals surface area contributed by atoms with Gasteiger partial charge in [0, 0.05) is 30.1 Å². The number of nitrogen functional groups attached to an aromatic ring is 1. The van der Waals surface area contributed by atoms with Crippen molar-refractivity contribution >= 4 is 5.82 Å². The molecule has 0 aliphatic heterocycles. The highest BCUT2D eigenvalue weighted by molar-refractivity contribution is 5.70. The summed E-state index contributed by atoms with van der Waals surface area (Å²) >= 11 is 0. The molecular weight excluding hydrogens is 328 g/mol. The van der Waals surface area contributed by atoms with Gasteiger partial charge in [0.05, 0.1) is 11.9 Å². The molecule has 1 aromatic carbocycles. The molecule has 3 heterocycles. The standard InChI is InChI=1S/C18H16N8/c19-8-11-3-1-4-12(7-11)17-24-18(26-25-17)15-16(20)22-10-14(23-15)13-5-2-6-21-9-13/h1-7,9-10H,8,19H2,(H2,20,22)(H,24,25,26). The Morgan fingerprint density at radius 2 is 1.88 bits per heavy atom. The van der Waals surface area contributed by atoms with E-state index in [2.05, 4.69) is 30.1 Å². The first-order valence-corrected chi connectivity index (χ1v) is 7.99. The summed E-state index contributed by atoms with van der Waals surface area (Å²) in [5.41, 5.74) is 15.5. The number of aromatic nitrogens is 6. The van der Waals surface area contributed by atoms with Crippen LogP contribution in [-0.4, -0.2) is 30.1 Å². The molecular formula is C18H16N8. The van der Waals surface area contributed by atoms with E-state index in [1.165, 1.54) is 0 Å². The van der Waals surface area contributed by atoms with Crippen LogP contribution in [0, 0.1) is 0 Å². The van der Waals surface area contributed by atoms with E-state index in [0.29, 0.717) is 29.6 Å². The summed E-state index contributed by atoms with van der Waals surface area (Å²) in [5, 5.41) is 7.16. The Bertz CT molecular complexity index is 1040. The molecule has 5 N–H and O–H groups in total. The lowest BCUT2D eigenvalue weighted by atomic mass is 10.1. The molecule has 0 saturated heterocycles. The van der Waals surface area contributed by atoms with Crippen molar-refractivity contribution in [3.05, 3.63) is 60.6 Å². The topological polar surface area (TPSA) is 132 Å². The van der Waals surface area contributed by atoms with Crippen LogP contribution in [0.3, 0.4) is 0 Å². The van der Waals surface area contributed by atoms with Crippen molar-refractivity contribution in [2.75, 3.05) is 5.73 Å². The second-order valence-electron chi connectivity index (χ2n) is 5.64. The van der Waals surface area contributed by atoms with E-state index in [1.807, 2.05) is 36.4 Å². The first-order chi connectivity index (χ1) is 12.7. The van der Waals surface area contributed by atoms with Gasteiger partial charge < -0.3 is 11.5 Å². The number of rotatable bonds is 4. The summed E-state index contributed by atoms with van der Waals surface area (Å²) in [4.78, 5) is 17.4. The third-order valence-electron chi connectivity index (χ3n) is 3.89. The summed E-state index contributed by atoms with van der Waals surface area (Å²) in [6, 6.07) is 11.5. The van der Waals surface area contributed by atoms with Gasteiger partial charge in [0.1, 0.15) is 5.69 Å². The van der Waals surface area contributed by atoms with Gasteiger partial charge in [-0.2, -0.15) is 5.10 Å². The zero-order valence-electron chi connectivity index (χ0n) is 13.8. The quantitative estimate of drug-likeness (QED) is 0.516. The van der Waals surface area contributed by atoms with Crippen LogP contribution in [0.2, 0.25) is 0 Å². The molecule has 8 nitrogen and oxygen atoms in total. The number of benzene rings is 1. The van der Waals surface area contributed by atoms with Gasteiger partial charge in [-0.3, -0.25) is 10.1 Å². The number of nitrogens with two attached hydrogens (primary N) is 2. The normalized spacial score (nSPS) is 10.8. The van der Waals surface area contributed by atoms with E-state index in [-0.39, 0.29) is 5.82 Å². The average molecular weight is 344 g/mol. The third-order valence-corrected chi connectivity index (χ3v) is 3.89. The summed E-state index contributed by atoms with van der Waals surface area (Å²) < 4.78 is 0. The molecule has 0 saturated carbocycles. The van der Waals surface area contributed by atoms with Crippen LogP contribution >= 0.6 is 0 Å². The Balaban J connectivity index is 1.73. The van der Waals surface area contributed by atoms with Crippen molar-refractivity contribution < 1.29 is 0 Å². The highest BCUT2D eigenvalue weighted by Gasteiger charge is 2.14. The van der Waals surface area contributed by atoms with Crippen LogP contribution in [-0.2, 0) is 6.54 Å². The maximum atomic E-state index is 6.00. The van der Waals surface area contributed by atoms with E-state index < -0.39 is 0 Å². The highest BCUT2D eigenvalue weighted by atomic mass is 15.2. The van der Waals surface area contributed by atoms with Gasteiger partial charge in [-0.25, -0.2) is 15.0 Å². The first kappa shape index (κ1) is 15.9. The van der Waals surface area contributed by atoms with Gasteiger partial charge in [-0.05, 0) is 23.8 Å². The van der Waals surface area contributed by atoms with Crippen molar-refractivity contribution in [3.63, 3.8) is 0 Å². The molecule has 0 atom stereocenters. The molecule has 0 radical (unpaired) electrons. The predicted molar refractivity (Wildman–Crippen MR) is 98.4 cm³/mol. The summed E-state index contributed by atoms with van der Waals surface area (Å²) in [6.45, 7) is 0.455. The van der Waals surface area contributed by atoms with Crippen LogP contribution in [0.4, 0.5) is 5.82 Å². The lowest BCUT2D eigenvalue weighted by Gasteiger charge is -2.04. The van der Waals surface area contributed by atoms with Crippen LogP contribution in [0.5, 0.6) is 0 Å². The smallest absolute Gasteiger partial charge is 0.181 e. The second-order valence-corrected chi connectivity index (χ2v) is 5.64. The Hall–Kier alpha value is -3.65. The third kappa shape index (κ3) is 3.01. The van der Waals surface area contributed by atoms with Gasteiger partial charge in [-0.1, -0.05) is 18.2 Å². The SMILES string of the molecule is NCc1cccc(-c2n[nH]c(-c3nc(-c4cccnc4)cnc3N)n2)c1. The fourth-order valence-electron chi connectivity index (χ4n) is 2.56. The largest absolute Gasteiger partial charge is 0.382 e. The minimum absolute atomic E-state index is 0.274. The maximum Gasteiger partial charge on any atom is 0.181 e. The number of pyridine rings is 1. The zero-order valence-corrected chi connectivity index (χ0v) is 13.8. The van der Waals surface area contributed by atoms with Crippen molar-refractivity contribution in [1.82, 2.24) is 30.1 Å². The minimum Gasteiger partial charge on any atom is -0.382 e. The summed E-state index contributed by atoms with van der Waals surface area (Å²) in [7, 11) is 0. The van der Waals surface area contributed by atoms with Crippen molar-refractivity contribution in [2.45, 2.75) is 6.54 Å². The lowest BCUT2D eigenvalue weighted by molar-refractivity contribution is 1.06. The van der Waals surface area contributed by atoms with Crippen LogP contribution < -0.4 is 11.5 Å². The number of H-pyrrole nitrogens is 1. The van der Waals surface area contributed by atoms with E-state index in [9.17, 15) is 0 Å². The molecule has 4 aromatic rings. The minimum atomic E-state index is 0.274. The second kappa shape index (κ2) is 6.69. The molecule has 8 heteroatoms. The number of hydrogen-bond acceptors (Lipinski definition) is 7. The zero-order chi connectivity index (χ0) is 17.9. The molecule has 0 unspecified atom stereocenters. The van der Waals surface area contributed by atoms with Gasteiger partial charge in [0.25, 0.3) is 0 Å². The van der Waals surface area contributed by atoms with Crippen LogP contribution in [0.15, 0.2) is 55.0 Å². The molecule has 0 aliphatic rings. The van der Waals surface area contributed by atoms with Gasteiger partial charge in [0.2, 0.25) is 0 Å². The molecule has 0 amide bonds. The molecule has 0 bridgehead atoms. The number of hydrogen-bond donors (Lipinski definition) is 3. The van der Waals surface area contributed by atoms with Crippen LogP contribution in [0.25, 0.3) is 34.2 Å². The average Bonchev–Trinajstić information content (AvgIpc) is 3.19. The molecule has 0 fully saturated rings. The van der Waals surface area contributed by atoms with Gasteiger partial charge in [0.15, 0.2) is 17.5 Å².